The van der Waals surface area contributed by atoms with Crippen molar-refractivity contribution in [1.82, 2.24) is 15.1 Å². The van der Waals surface area contributed by atoms with Gasteiger partial charge >= 0.3 is 0 Å². The van der Waals surface area contributed by atoms with Crippen molar-refractivity contribution in [2.45, 2.75) is 39.8 Å². The van der Waals surface area contributed by atoms with E-state index in [2.05, 4.69) is 17.3 Å². The van der Waals surface area contributed by atoms with Crippen molar-refractivity contribution >= 4 is 16.8 Å². The molecule has 4 aromatic rings. The van der Waals surface area contributed by atoms with Crippen LogP contribution < -0.4 is 10.1 Å². The van der Waals surface area contributed by atoms with Gasteiger partial charge < -0.3 is 10.1 Å². The summed E-state index contributed by atoms with van der Waals surface area (Å²) in [6.07, 6.45) is 2.11. The van der Waals surface area contributed by atoms with Gasteiger partial charge in [0.2, 0.25) is 0 Å². The fraction of sp³-hybridized carbons (Fsp3) is 0.259. The SMILES string of the molecule is C.CCc1ccc([C@@H](Oc2ccc3c(cnn3-c3ccc(F)cc3)c2)[C@H](C)NC(=O)CF)cc1. The van der Waals surface area contributed by atoms with Crippen LogP contribution in [0.15, 0.2) is 72.9 Å². The highest BCUT2D eigenvalue weighted by Gasteiger charge is 2.23. The third kappa shape index (κ3) is 5.42. The largest absolute Gasteiger partial charge is 0.484 e. The van der Waals surface area contributed by atoms with Gasteiger partial charge in [0.25, 0.3) is 5.91 Å². The van der Waals surface area contributed by atoms with Crippen LogP contribution in [0.3, 0.4) is 0 Å². The lowest BCUT2D eigenvalue weighted by molar-refractivity contribution is -0.123. The first kappa shape index (κ1) is 24.9. The minimum atomic E-state index is -1.08. The molecule has 7 heteroatoms. The highest BCUT2D eigenvalue weighted by Crippen LogP contribution is 2.29. The molecule has 0 spiro atoms. The maximum Gasteiger partial charge on any atom is 0.251 e. The molecule has 1 amide bonds. The number of fused-ring (bicyclic) bond motifs is 1. The number of carbonyl (C=O) groups is 1. The molecule has 4 rings (SSSR count). The summed E-state index contributed by atoms with van der Waals surface area (Å²) in [5.74, 6) is -0.401. The summed E-state index contributed by atoms with van der Waals surface area (Å²) in [7, 11) is 0. The number of carbonyl (C=O) groups excluding carboxylic acids is 1. The summed E-state index contributed by atoms with van der Waals surface area (Å²) < 4.78 is 34.1. The Balaban J connectivity index is 0.00000324. The van der Waals surface area contributed by atoms with Gasteiger partial charge in [-0.25, -0.2) is 13.5 Å². The Morgan fingerprint density at radius 3 is 2.44 bits per heavy atom. The maximum absolute atomic E-state index is 13.3. The van der Waals surface area contributed by atoms with Gasteiger partial charge in [-0.2, -0.15) is 5.10 Å². The van der Waals surface area contributed by atoms with Gasteiger partial charge in [0.05, 0.1) is 23.4 Å². The molecule has 0 aliphatic rings. The fourth-order valence-electron chi connectivity index (χ4n) is 3.79. The molecule has 0 fully saturated rings. The molecule has 5 nitrogen and oxygen atoms in total. The van der Waals surface area contributed by atoms with Crippen LogP contribution >= 0.6 is 0 Å². The monoisotopic (exact) mass is 465 g/mol. The average molecular weight is 466 g/mol. The molecule has 1 aromatic heterocycles. The highest BCUT2D eigenvalue weighted by atomic mass is 19.1. The molecule has 0 aliphatic heterocycles. The van der Waals surface area contributed by atoms with Gasteiger partial charge in [-0.1, -0.05) is 38.6 Å². The van der Waals surface area contributed by atoms with Gasteiger partial charge in [0.15, 0.2) is 6.67 Å². The van der Waals surface area contributed by atoms with Crippen molar-refractivity contribution in [2.24, 2.45) is 0 Å². The molecule has 1 N–H and O–H groups in total. The Labute approximate surface area is 198 Å². The molecule has 0 aliphatic carbocycles. The fourth-order valence-corrected chi connectivity index (χ4v) is 3.79. The quantitative estimate of drug-likeness (QED) is 0.349. The van der Waals surface area contributed by atoms with Crippen LogP contribution in [0.5, 0.6) is 5.75 Å². The van der Waals surface area contributed by atoms with Gasteiger partial charge in [-0.05, 0) is 66.9 Å². The van der Waals surface area contributed by atoms with Gasteiger partial charge in [0, 0.05) is 5.39 Å². The molecular formula is C27H29F2N3O2. The predicted octanol–water partition coefficient (Wildman–Crippen LogP) is 5.96. The molecule has 0 saturated heterocycles. The number of benzene rings is 3. The van der Waals surface area contributed by atoms with E-state index in [0.717, 1.165) is 28.6 Å². The number of ether oxygens (including phenoxy) is 1. The summed E-state index contributed by atoms with van der Waals surface area (Å²) in [5, 5.41) is 7.92. The number of rotatable bonds is 8. The Morgan fingerprint density at radius 2 is 1.79 bits per heavy atom. The topological polar surface area (TPSA) is 56.1 Å². The van der Waals surface area contributed by atoms with Crippen LogP contribution in [0.25, 0.3) is 16.6 Å². The van der Waals surface area contributed by atoms with E-state index in [1.807, 2.05) is 42.5 Å². The van der Waals surface area contributed by atoms with Crippen LogP contribution in [-0.4, -0.2) is 28.4 Å². The van der Waals surface area contributed by atoms with Crippen molar-refractivity contribution in [3.05, 3.63) is 89.9 Å². The number of aryl methyl sites for hydroxylation is 1. The van der Waals surface area contributed by atoms with Crippen LogP contribution in [0.4, 0.5) is 8.78 Å². The standard InChI is InChI=1S/C26H25F2N3O2.CH4/c1-3-18-4-6-19(7-5-18)26(17(2)30-25(32)15-27)33-23-12-13-24-20(14-23)16-29-31(24)22-10-8-21(28)9-11-22;/h4-14,16-17,26H,3,15H2,1-2H3,(H,30,32);1H4/t17-,26-;/m0./s1. The van der Waals surface area contributed by atoms with Crippen molar-refractivity contribution in [3.8, 4) is 11.4 Å². The zero-order chi connectivity index (χ0) is 23.4. The molecule has 2 atom stereocenters. The van der Waals surface area contributed by atoms with Gasteiger partial charge in [-0.15, -0.1) is 0 Å². The van der Waals surface area contributed by atoms with Crippen LogP contribution in [-0.2, 0) is 11.2 Å². The zero-order valence-corrected chi connectivity index (χ0v) is 18.5. The van der Waals surface area contributed by atoms with Crippen molar-refractivity contribution < 1.29 is 18.3 Å². The van der Waals surface area contributed by atoms with E-state index >= 15 is 0 Å². The van der Waals surface area contributed by atoms with Crippen molar-refractivity contribution in [1.29, 1.82) is 0 Å². The molecule has 178 valence electrons. The summed E-state index contributed by atoms with van der Waals surface area (Å²) in [5.41, 5.74) is 3.65. The summed E-state index contributed by atoms with van der Waals surface area (Å²) in [6, 6.07) is 19.2. The van der Waals surface area contributed by atoms with E-state index in [4.69, 9.17) is 4.74 Å². The molecule has 34 heavy (non-hydrogen) atoms. The van der Waals surface area contributed by atoms with Crippen molar-refractivity contribution in [2.75, 3.05) is 6.67 Å². The van der Waals surface area contributed by atoms with E-state index in [-0.39, 0.29) is 13.2 Å². The van der Waals surface area contributed by atoms with Gasteiger partial charge in [0.1, 0.15) is 17.7 Å². The summed E-state index contributed by atoms with van der Waals surface area (Å²) in [4.78, 5) is 11.7. The highest BCUT2D eigenvalue weighted by molar-refractivity contribution is 5.81. The molecular weight excluding hydrogens is 436 g/mol. The minimum Gasteiger partial charge on any atom is -0.484 e. The maximum atomic E-state index is 13.3. The van der Waals surface area contributed by atoms with E-state index in [1.54, 1.807) is 29.9 Å². The second kappa shape index (κ2) is 10.9. The van der Waals surface area contributed by atoms with E-state index in [0.29, 0.717) is 5.75 Å². The number of aromatic nitrogens is 2. The summed E-state index contributed by atoms with van der Waals surface area (Å²) >= 11 is 0. The zero-order valence-electron chi connectivity index (χ0n) is 18.5. The first-order valence-corrected chi connectivity index (χ1v) is 10.8. The number of hydrogen-bond acceptors (Lipinski definition) is 3. The summed E-state index contributed by atoms with van der Waals surface area (Å²) in [6.45, 7) is 2.78. The van der Waals surface area contributed by atoms with Crippen LogP contribution in [0, 0.1) is 5.82 Å². The first-order chi connectivity index (χ1) is 16.0. The lowest BCUT2D eigenvalue weighted by Crippen LogP contribution is -2.39. The van der Waals surface area contributed by atoms with E-state index in [1.165, 1.54) is 17.7 Å². The van der Waals surface area contributed by atoms with E-state index in [9.17, 15) is 13.6 Å². The molecule has 0 unspecified atom stereocenters. The van der Waals surface area contributed by atoms with Crippen LogP contribution in [0.1, 0.15) is 38.5 Å². The number of nitrogens with zero attached hydrogens (tertiary/aromatic N) is 2. The molecule has 3 aromatic carbocycles. The third-order valence-corrected chi connectivity index (χ3v) is 5.55. The number of halogens is 2. The Hall–Kier alpha value is -3.74. The lowest BCUT2D eigenvalue weighted by atomic mass is 10.0. The third-order valence-electron chi connectivity index (χ3n) is 5.55. The number of hydrogen-bond donors (Lipinski definition) is 1. The van der Waals surface area contributed by atoms with Gasteiger partial charge in [-0.3, -0.25) is 4.79 Å². The predicted molar refractivity (Wildman–Crippen MR) is 131 cm³/mol. The molecule has 0 radical (unpaired) electrons. The lowest BCUT2D eigenvalue weighted by Gasteiger charge is -2.26. The molecule has 0 saturated carbocycles. The Kier molecular flexibility index (Phi) is 7.99. The average Bonchev–Trinajstić information content (AvgIpc) is 3.26. The first-order valence-electron chi connectivity index (χ1n) is 10.8. The smallest absolute Gasteiger partial charge is 0.251 e. The Morgan fingerprint density at radius 1 is 1.09 bits per heavy atom. The van der Waals surface area contributed by atoms with Crippen molar-refractivity contribution in [3.63, 3.8) is 0 Å². The van der Waals surface area contributed by atoms with Crippen LogP contribution in [0.2, 0.25) is 0 Å². The molecule has 1 heterocycles. The number of nitrogens with one attached hydrogen (secondary N) is 1. The number of alkyl halides is 1. The Bertz CT molecular complexity index is 1240. The number of amides is 1. The second-order valence-electron chi connectivity index (χ2n) is 7.88. The second-order valence-corrected chi connectivity index (χ2v) is 7.88. The normalized spacial score (nSPS) is 12.6. The molecule has 0 bridgehead atoms. The minimum absolute atomic E-state index is 0. The van der Waals surface area contributed by atoms with E-state index < -0.39 is 24.7 Å².